The van der Waals surface area contributed by atoms with Crippen molar-refractivity contribution in [2.75, 3.05) is 0 Å². The quantitative estimate of drug-likeness (QED) is 0.462. The van der Waals surface area contributed by atoms with E-state index in [0.29, 0.717) is 38.2 Å². The summed E-state index contributed by atoms with van der Waals surface area (Å²) < 4.78 is 34.6. The van der Waals surface area contributed by atoms with Gasteiger partial charge in [-0.15, -0.1) is 0 Å². The van der Waals surface area contributed by atoms with E-state index in [1.807, 2.05) is 25.1 Å². The summed E-state index contributed by atoms with van der Waals surface area (Å²) in [5.74, 6) is 0. The highest BCUT2D eigenvalue weighted by Gasteiger charge is 2.20. The molecule has 6 nitrogen and oxygen atoms in total. The fraction of sp³-hybridized carbons (Fsp3) is 0.0526. The normalized spacial score (nSPS) is 12.7. The Morgan fingerprint density at radius 1 is 1.00 bits per heavy atom. The first-order valence-corrected chi connectivity index (χ1v) is 9.37. The summed E-state index contributed by atoms with van der Waals surface area (Å²) in [6, 6.07) is 13.5. The molecule has 0 atom stereocenters. The smallest absolute Gasteiger partial charge is 0.282 e. The van der Waals surface area contributed by atoms with Gasteiger partial charge in [0.25, 0.3) is 15.7 Å². The fourth-order valence-electron chi connectivity index (χ4n) is 3.66. The molecule has 0 aliphatic rings. The van der Waals surface area contributed by atoms with Gasteiger partial charge >= 0.3 is 0 Å². The fourth-order valence-corrected chi connectivity index (χ4v) is 4.35. The van der Waals surface area contributed by atoms with E-state index in [9.17, 15) is 17.8 Å². The number of hydrogen-bond donors (Lipinski definition) is 1. The molecule has 7 heteroatoms. The van der Waals surface area contributed by atoms with Crippen molar-refractivity contribution >= 4 is 48.3 Å². The van der Waals surface area contributed by atoms with Crippen LogP contribution in [0.2, 0.25) is 0 Å². The van der Waals surface area contributed by atoms with Gasteiger partial charge < -0.3 is 0 Å². The predicted octanol–water partition coefficient (Wildman–Crippen LogP) is 3.15. The van der Waals surface area contributed by atoms with Crippen molar-refractivity contribution in [1.82, 2.24) is 9.38 Å². The number of pyridine rings is 1. The SMILES string of the molecule is Cc1ccc2nc3c4cccc5c(S(=O)(=O)O)ccc(c(=O)n3c2c1)c54. The monoisotopic (exact) mass is 364 g/mol. The Balaban J connectivity index is 2.15. The van der Waals surface area contributed by atoms with Crippen LogP contribution in [0.5, 0.6) is 0 Å². The van der Waals surface area contributed by atoms with Gasteiger partial charge in [0, 0.05) is 21.5 Å². The van der Waals surface area contributed by atoms with Crippen molar-refractivity contribution in [3.8, 4) is 0 Å². The van der Waals surface area contributed by atoms with Crippen LogP contribution in [0, 0.1) is 6.92 Å². The van der Waals surface area contributed by atoms with Gasteiger partial charge in [-0.2, -0.15) is 8.42 Å². The molecule has 0 spiro atoms. The van der Waals surface area contributed by atoms with Crippen LogP contribution in [0.25, 0.3) is 38.2 Å². The molecule has 0 saturated heterocycles. The second-order valence-electron chi connectivity index (χ2n) is 6.38. The van der Waals surface area contributed by atoms with Crippen LogP contribution in [0.4, 0.5) is 0 Å². The number of hydrogen-bond acceptors (Lipinski definition) is 4. The zero-order chi connectivity index (χ0) is 18.2. The van der Waals surface area contributed by atoms with Gasteiger partial charge in [0.2, 0.25) is 0 Å². The lowest BCUT2D eigenvalue weighted by atomic mass is 10.0. The molecule has 0 unspecified atom stereocenters. The third-order valence-corrected chi connectivity index (χ3v) is 5.67. The first-order valence-electron chi connectivity index (χ1n) is 7.93. The summed E-state index contributed by atoms with van der Waals surface area (Å²) in [5, 5.41) is 1.85. The highest BCUT2D eigenvalue weighted by molar-refractivity contribution is 7.86. The van der Waals surface area contributed by atoms with Crippen LogP contribution in [-0.4, -0.2) is 22.4 Å². The lowest BCUT2D eigenvalue weighted by molar-refractivity contribution is 0.484. The standard InChI is InChI=1S/C19H12N2O4S/c1-10-5-7-14-15(9-10)21-18(20-14)12-4-2-3-11-16(26(23,24)25)8-6-13(17(11)12)19(21)22/h2-9H,1H3,(H,23,24,25). The number of rotatable bonds is 1. The zero-order valence-electron chi connectivity index (χ0n) is 13.6. The highest BCUT2D eigenvalue weighted by Crippen LogP contribution is 2.33. The van der Waals surface area contributed by atoms with Crippen LogP contribution >= 0.6 is 0 Å². The Bertz CT molecular complexity index is 1530. The molecule has 1 N–H and O–H groups in total. The molecule has 0 aliphatic carbocycles. The lowest BCUT2D eigenvalue weighted by Gasteiger charge is -2.09. The van der Waals surface area contributed by atoms with Gasteiger partial charge in [0.15, 0.2) is 0 Å². The van der Waals surface area contributed by atoms with E-state index >= 15 is 0 Å². The van der Waals surface area contributed by atoms with E-state index in [2.05, 4.69) is 4.98 Å². The first-order chi connectivity index (χ1) is 12.4. The number of fused-ring (bicyclic) bond motifs is 4. The average Bonchev–Trinajstić information content (AvgIpc) is 2.97. The number of imidazole rings is 1. The molecule has 0 amide bonds. The molecule has 5 rings (SSSR count). The molecule has 0 aliphatic heterocycles. The van der Waals surface area contributed by atoms with E-state index in [1.165, 1.54) is 12.1 Å². The van der Waals surface area contributed by atoms with Crippen LogP contribution < -0.4 is 5.56 Å². The summed E-state index contributed by atoms with van der Waals surface area (Å²) in [6.07, 6.45) is 0. The summed E-state index contributed by atoms with van der Waals surface area (Å²) in [6.45, 7) is 1.94. The Labute approximate surface area is 147 Å². The molecule has 0 bridgehead atoms. The molecule has 26 heavy (non-hydrogen) atoms. The second-order valence-corrected chi connectivity index (χ2v) is 7.77. The zero-order valence-corrected chi connectivity index (χ0v) is 14.4. The van der Waals surface area contributed by atoms with E-state index < -0.39 is 10.1 Å². The Hall–Kier alpha value is -3.03. The number of nitrogens with zero attached hydrogens (tertiary/aromatic N) is 2. The van der Waals surface area contributed by atoms with Gasteiger partial charge in [0.1, 0.15) is 10.5 Å². The molecule has 0 saturated carbocycles. The van der Waals surface area contributed by atoms with Crippen molar-refractivity contribution in [3.63, 3.8) is 0 Å². The predicted molar refractivity (Wildman–Crippen MR) is 99.7 cm³/mol. The third kappa shape index (κ3) is 1.86. The van der Waals surface area contributed by atoms with E-state index in [0.717, 1.165) is 5.56 Å². The van der Waals surface area contributed by atoms with Gasteiger partial charge in [-0.05, 0) is 36.8 Å². The topological polar surface area (TPSA) is 88.7 Å². The molecular weight excluding hydrogens is 352 g/mol. The molecule has 0 radical (unpaired) electrons. The van der Waals surface area contributed by atoms with Crippen molar-refractivity contribution in [2.24, 2.45) is 0 Å². The summed E-state index contributed by atoms with van der Waals surface area (Å²) in [7, 11) is -4.41. The maximum atomic E-state index is 13.2. The van der Waals surface area contributed by atoms with Gasteiger partial charge in [-0.3, -0.25) is 13.7 Å². The van der Waals surface area contributed by atoms with Crippen molar-refractivity contribution < 1.29 is 13.0 Å². The van der Waals surface area contributed by atoms with Gasteiger partial charge in [-0.1, -0.05) is 24.3 Å². The van der Waals surface area contributed by atoms with Crippen molar-refractivity contribution in [1.29, 1.82) is 0 Å². The molecular formula is C19H12N2O4S. The Morgan fingerprint density at radius 2 is 1.77 bits per heavy atom. The van der Waals surface area contributed by atoms with E-state index in [4.69, 9.17) is 0 Å². The minimum Gasteiger partial charge on any atom is -0.282 e. The first kappa shape index (κ1) is 15.2. The minimum atomic E-state index is -4.41. The maximum Gasteiger partial charge on any atom is 0.295 e. The molecule has 5 aromatic rings. The third-order valence-electron chi connectivity index (χ3n) is 4.76. The van der Waals surface area contributed by atoms with Crippen molar-refractivity contribution in [2.45, 2.75) is 11.8 Å². The van der Waals surface area contributed by atoms with Crippen molar-refractivity contribution in [3.05, 3.63) is 64.4 Å². The van der Waals surface area contributed by atoms with Gasteiger partial charge in [0.05, 0.1) is 11.0 Å². The van der Waals surface area contributed by atoms with Gasteiger partial charge in [-0.25, -0.2) is 4.98 Å². The minimum absolute atomic E-state index is 0.216. The van der Waals surface area contributed by atoms with Crippen LogP contribution in [0.3, 0.4) is 0 Å². The van der Waals surface area contributed by atoms with Crippen LogP contribution in [0.1, 0.15) is 5.56 Å². The van der Waals surface area contributed by atoms with E-state index in [-0.39, 0.29) is 10.5 Å². The Morgan fingerprint density at radius 3 is 2.54 bits per heavy atom. The average molecular weight is 364 g/mol. The molecule has 0 fully saturated rings. The molecule has 2 aromatic heterocycles. The van der Waals surface area contributed by atoms with E-state index in [1.54, 1.807) is 22.6 Å². The maximum absolute atomic E-state index is 13.2. The molecule has 128 valence electrons. The summed E-state index contributed by atoms with van der Waals surface area (Å²) in [5.41, 5.74) is 2.63. The number of aromatic nitrogens is 2. The lowest BCUT2D eigenvalue weighted by Crippen LogP contribution is -2.14. The second kappa shape index (κ2) is 4.78. The summed E-state index contributed by atoms with van der Waals surface area (Å²) in [4.78, 5) is 17.5. The van der Waals surface area contributed by atoms with Crippen LogP contribution in [0.15, 0.2) is 58.2 Å². The molecule has 3 aromatic carbocycles. The summed E-state index contributed by atoms with van der Waals surface area (Å²) >= 11 is 0. The number of aryl methyl sites for hydroxylation is 1. The molecule has 2 heterocycles. The highest BCUT2D eigenvalue weighted by atomic mass is 32.2. The largest absolute Gasteiger partial charge is 0.295 e. The number of benzene rings is 3. The van der Waals surface area contributed by atoms with Crippen LogP contribution in [-0.2, 0) is 10.1 Å². The Kier molecular flexibility index (Phi) is 2.80.